The number of nitrogens with zero attached hydrogens (tertiary/aromatic N) is 2. The van der Waals surface area contributed by atoms with Gasteiger partial charge in [0.1, 0.15) is 17.8 Å². The molecule has 2 aromatic rings. The predicted octanol–water partition coefficient (Wildman–Crippen LogP) is 3.53. The number of amides is 1. The summed E-state index contributed by atoms with van der Waals surface area (Å²) in [6.07, 6.45) is 2.15. The number of hydrogen-bond acceptors (Lipinski definition) is 4. The molecule has 0 bridgehead atoms. The average Bonchev–Trinajstić information content (AvgIpc) is 2.94. The molecule has 0 spiro atoms. The second-order valence-corrected chi connectivity index (χ2v) is 5.12. The summed E-state index contributed by atoms with van der Waals surface area (Å²) in [4.78, 5) is 17.7. The predicted molar refractivity (Wildman–Crippen MR) is 79.5 cm³/mol. The molecular weight excluding hydrogens is 311 g/mol. The summed E-state index contributed by atoms with van der Waals surface area (Å²) in [5.74, 6) is -0.0946. The van der Waals surface area contributed by atoms with E-state index < -0.39 is 5.82 Å². The Morgan fingerprint density at radius 2 is 2.27 bits per heavy atom. The summed E-state index contributed by atoms with van der Waals surface area (Å²) in [6, 6.07) is 3.81. The molecule has 118 valence electrons. The van der Waals surface area contributed by atoms with Crippen molar-refractivity contribution in [1.29, 1.82) is 0 Å². The number of halogens is 2. The van der Waals surface area contributed by atoms with E-state index in [2.05, 4.69) is 4.98 Å². The van der Waals surface area contributed by atoms with Crippen LogP contribution in [0.1, 0.15) is 29.7 Å². The Morgan fingerprint density at radius 3 is 2.95 bits per heavy atom. The quantitative estimate of drug-likeness (QED) is 0.815. The van der Waals surface area contributed by atoms with Gasteiger partial charge >= 0.3 is 0 Å². The lowest BCUT2D eigenvalue weighted by Gasteiger charge is -2.13. The highest BCUT2D eigenvalue weighted by Gasteiger charge is 2.16. The molecule has 2 rings (SSSR count). The van der Waals surface area contributed by atoms with Crippen LogP contribution in [0.4, 0.5) is 4.39 Å². The maximum absolute atomic E-state index is 12.9. The lowest BCUT2D eigenvalue weighted by Crippen LogP contribution is -2.27. The summed E-state index contributed by atoms with van der Waals surface area (Å²) >= 11 is 5.85. The molecule has 0 aliphatic heterocycles. The standard InChI is InChI=1S/C15H16ClFN2O3/c1-3-6-19(2)15(20)12-8-22-14(18-12)9-21-13-5-4-10(17)7-11(13)16/h4-5,7-8H,3,6,9H2,1-2H3. The van der Waals surface area contributed by atoms with Crippen molar-refractivity contribution < 1.29 is 18.3 Å². The number of hydrogen-bond donors (Lipinski definition) is 0. The Kier molecular flexibility index (Phi) is 5.38. The number of aromatic nitrogens is 1. The number of carbonyl (C=O) groups excluding carboxylic acids is 1. The van der Waals surface area contributed by atoms with Gasteiger partial charge in [-0.25, -0.2) is 9.37 Å². The van der Waals surface area contributed by atoms with E-state index in [1.54, 1.807) is 11.9 Å². The van der Waals surface area contributed by atoms with Crippen LogP contribution in [-0.2, 0) is 6.61 Å². The first-order valence-corrected chi connectivity index (χ1v) is 7.16. The third-order valence-electron chi connectivity index (χ3n) is 2.92. The van der Waals surface area contributed by atoms with Crippen molar-refractivity contribution in [3.8, 4) is 5.75 Å². The number of oxazole rings is 1. The summed E-state index contributed by atoms with van der Waals surface area (Å²) in [6.45, 7) is 2.62. The first-order valence-electron chi connectivity index (χ1n) is 6.79. The van der Waals surface area contributed by atoms with Crippen LogP contribution in [0.5, 0.6) is 5.75 Å². The van der Waals surface area contributed by atoms with E-state index in [0.717, 1.165) is 12.5 Å². The molecule has 0 unspecified atom stereocenters. The van der Waals surface area contributed by atoms with Crippen molar-refractivity contribution in [1.82, 2.24) is 9.88 Å². The maximum Gasteiger partial charge on any atom is 0.275 e. The van der Waals surface area contributed by atoms with Gasteiger partial charge in [-0.05, 0) is 24.6 Å². The number of carbonyl (C=O) groups is 1. The Bertz CT molecular complexity index is 660. The number of benzene rings is 1. The van der Waals surface area contributed by atoms with Gasteiger partial charge in [0.15, 0.2) is 12.3 Å². The molecular formula is C15H16ClFN2O3. The van der Waals surface area contributed by atoms with Crippen molar-refractivity contribution in [2.24, 2.45) is 0 Å². The minimum Gasteiger partial charge on any atom is -0.482 e. The zero-order chi connectivity index (χ0) is 16.1. The Labute approximate surface area is 132 Å². The molecule has 0 atom stereocenters. The van der Waals surface area contributed by atoms with Crippen LogP contribution in [0, 0.1) is 5.82 Å². The Balaban J connectivity index is 1.99. The summed E-state index contributed by atoms with van der Waals surface area (Å²) in [5, 5.41) is 0.158. The fourth-order valence-corrected chi connectivity index (χ4v) is 2.06. The van der Waals surface area contributed by atoms with E-state index in [-0.39, 0.29) is 29.1 Å². The minimum atomic E-state index is -0.444. The van der Waals surface area contributed by atoms with Crippen molar-refractivity contribution in [3.63, 3.8) is 0 Å². The molecule has 1 aromatic carbocycles. The van der Waals surface area contributed by atoms with Gasteiger partial charge in [-0.2, -0.15) is 0 Å². The van der Waals surface area contributed by atoms with Gasteiger partial charge in [0.25, 0.3) is 5.91 Å². The highest BCUT2D eigenvalue weighted by Crippen LogP contribution is 2.25. The van der Waals surface area contributed by atoms with Gasteiger partial charge in [0.2, 0.25) is 5.89 Å². The van der Waals surface area contributed by atoms with E-state index in [1.807, 2.05) is 6.92 Å². The van der Waals surface area contributed by atoms with Crippen LogP contribution in [0.15, 0.2) is 28.9 Å². The smallest absolute Gasteiger partial charge is 0.275 e. The fourth-order valence-electron chi connectivity index (χ4n) is 1.84. The van der Waals surface area contributed by atoms with Crippen LogP contribution in [0.2, 0.25) is 5.02 Å². The van der Waals surface area contributed by atoms with Crippen molar-refractivity contribution in [2.75, 3.05) is 13.6 Å². The van der Waals surface area contributed by atoms with Crippen molar-refractivity contribution in [3.05, 3.63) is 46.9 Å². The van der Waals surface area contributed by atoms with E-state index in [0.29, 0.717) is 12.3 Å². The Morgan fingerprint density at radius 1 is 1.50 bits per heavy atom. The lowest BCUT2D eigenvalue weighted by molar-refractivity contribution is 0.0789. The lowest BCUT2D eigenvalue weighted by atomic mass is 10.3. The van der Waals surface area contributed by atoms with Crippen LogP contribution in [0.3, 0.4) is 0 Å². The molecule has 0 aliphatic carbocycles. The van der Waals surface area contributed by atoms with E-state index >= 15 is 0 Å². The Hall–Kier alpha value is -2.08. The molecule has 22 heavy (non-hydrogen) atoms. The van der Waals surface area contributed by atoms with Gasteiger partial charge in [-0.1, -0.05) is 18.5 Å². The zero-order valence-electron chi connectivity index (χ0n) is 12.3. The summed E-state index contributed by atoms with van der Waals surface area (Å²) in [5.41, 5.74) is 0.222. The molecule has 0 saturated heterocycles. The fraction of sp³-hybridized carbons (Fsp3) is 0.333. The largest absolute Gasteiger partial charge is 0.482 e. The monoisotopic (exact) mass is 326 g/mol. The van der Waals surface area contributed by atoms with Crippen LogP contribution in [-0.4, -0.2) is 29.4 Å². The van der Waals surface area contributed by atoms with Crippen LogP contribution in [0.25, 0.3) is 0 Å². The first-order chi connectivity index (χ1) is 10.5. The minimum absolute atomic E-state index is 0.00384. The van der Waals surface area contributed by atoms with Crippen LogP contribution < -0.4 is 4.74 Å². The molecule has 0 fully saturated rings. The second kappa shape index (κ2) is 7.26. The molecule has 0 aliphatic rings. The van der Waals surface area contributed by atoms with Gasteiger partial charge in [0.05, 0.1) is 5.02 Å². The molecule has 5 nitrogen and oxygen atoms in total. The van der Waals surface area contributed by atoms with Gasteiger partial charge < -0.3 is 14.1 Å². The second-order valence-electron chi connectivity index (χ2n) is 4.72. The third kappa shape index (κ3) is 3.98. The van der Waals surface area contributed by atoms with Crippen molar-refractivity contribution in [2.45, 2.75) is 20.0 Å². The first kappa shape index (κ1) is 16.3. The van der Waals surface area contributed by atoms with Crippen molar-refractivity contribution >= 4 is 17.5 Å². The maximum atomic E-state index is 12.9. The van der Waals surface area contributed by atoms with Crippen LogP contribution >= 0.6 is 11.6 Å². The molecule has 0 radical (unpaired) electrons. The molecule has 1 heterocycles. The molecule has 0 N–H and O–H groups in total. The molecule has 7 heteroatoms. The number of ether oxygens (including phenoxy) is 1. The molecule has 1 amide bonds. The van der Waals surface area contributed by atoms with Gasteiger partial charge in [-0.3, -0.25) is 4.79 Å². The van der Waals surface area contributed by atoms with E-state index in [9.17, 15) is 9.18 Å². The van der Waals surface area contributed by atoms with Gasteiger partial charge in [-0.15, -0.1) is 0 Å². The topological polar surface area (TPSA) is 55.6 Å². The molecule has 0 saturated carbocycles. The normalized spacial score (nSPS) is 10.5. The SMILES string of the molecule is CCCN(C)C(=O)c1coc(COc2ccc(F)cc2Cl)n1. The van der Waals surface area contributed by atoms with E-state index in [1.165, 1.54) is 18.4 Å². The van der Waals surface area contributed by atoms with Gasteiger partial charge in [0, 0.05) is 13.6 Å². The molecule has 1 aromatic heterocycles. The highest BCUT2D eigenvalue weighted by molar-refractivity contribution is 6.32. The zero-order valence-corrected chi connectivity index (χ0v) is 13.1. The summed E-state index contributed by atoms with van der Waals surface area (Å²) in [7, 11) is 1.70. The highest BCUT2D eigenvalue weighted by atomic mass is 35.5. The number of rotatable bonds is 6. The summed E-state index contributed by atoms with van der Waals surface area (Å²) < 4.78 is 23.5. The average molecular weight is 327 g/mol. The van der Waals surface area contributed by atoms with E-state index in [4.69, 9.17) is 20.8 Å². The third-order valence-corrected chi connectivity index (χ3v) is 3.22.